The zero-order chi connectivity index (χ0) is 16.2. The van der Waals surface area contributed by atoms with Gasteiger partial charge in [0.15, 0.2) is 0 Å². The number of hydrogen-bond donors (Lipinski definition) is 1. The minimum absolute atomic E-state index is 0.00904. The number of hydrogen-bond acceptors (Lipinski definition) is 3. The number of ether oxygens (including phenoxy) is 1. The van der Waals surface area contributed by atoms with Crippen molar-refractivity contribution in [1.29, 1.82) is 0 Å². The lowest BCUT2D eigenvalue weighted by Gasteiger charge is -2.32. The van der Waals surface area contributed by atoms with E-state index in [9.17, 15) is 9.59 Å². The Balaban J connectivity index is 1.68. The molecule has 1 N–H and O–H groups in total. The number of nitrogens with zero attached hydrogens (tertiary/aromatic N) is 1. The molecule has 1 aliphatic heterocycles. The summed E-state index contributed by atoms with van der Waals surface area (Å²) in [5.74, 6) is 0.0308. The molecule has 122 valence electrons. The number of aromatic nitrogens is 1. The van der Waals surface area contributed by atoms with E-state index in [1.807, 2.05) is 42.2 Å². The Morgan fingerprint density at radius 2 is 2.17 bits per heavy atom. The Morgan fingerprint density at radius 1 is 1.35 bits per heavy atom. The average Bonchev–Trinajstić information content (AvgIpc) is 2.98. The van der Waals surface area contributed by atoms with E-state index in [2.05, 4.69) is 4.98 Å². The van der Waals surface area contributed by atoms with Crippen molar-refractivity contribution in [3.63, 3.8) is 0 Å². The number of aromatic amines is 1. The molecule has 0 aliphatic carbocycles. The first kappa shape index (κ1) is 15.6. The smallest absolute Gasteiger partial charge is 0.306 e. The predicted molar refractivity (Wildman–Crippen MR) is 88.2 cm³/mol. The molecule has 1 aromatic carbocycles. The number of esters is 1. The summed E-state index contributed by atoms with van der Waals surface area (Å²) in [7, 11) is 0. The first-order valence-electron chi connectivity index (χ1n) is 8.20. The second kappa shape index (κ2) is 6.86. The molecule has 23 heavy (non-hydrogen) atoms. The standard InChI is InChI=1S/C18H22N2O3/c1-2-23-17(21)10-13-6-5-9-20(12-13)18(22)16-11-14-7-3-4-8-15(14)19-16/h3-4,7-8,11,13,19H,2,5-6,9-10,12H2,1H3. The van der Waals surface area contributed by atoms with Gasteiger partial charge in [-0.15, -0.1) is 0 Å². The zero-order valence-corrected chi connectivity index (χ0v) is 13.4. The van der Waals surface area contributed by atoms with E-state index >= 15 is 0 Å². The molecular formula is C18H22N2O3. The van der Waals surface area contributed by atoms with Gasteiger partial charge in [0, 0.05) is 24.0 Å². The van der Waals surface area contributed by atoms with Gasteiger partial charge in [-0.2, -0.15) is 0 Å². The number of para-hydroxylation sites is 1. The van der Waals surface area contributed by atoms with Crippen LogP contribution in [-0.4, -0.2) is 41.5 Å². The Morgan fingerprint density at radius 3 is 2.96 bits per heavy atom. The Hall–Kier alpha value is -2.30. The van der Waals surface area contributed by atoms with Crippen LogP contribution in [0.25, 0.3) is 10.9 Å². The number of rotatable bonds is 4. The molecule has 5 nitrogen and oxygen atoms in total. The summed E-state index contributed by atoms with van der Waals surface area (Å²) in [6.07, 6.45) is 2.29. The van der Waals surface area contributed by atoms with Crippen molar-refractivity contribution in [2.45, 2.75) is 26.2 Å². The number of carbonyl (C=O) groups excluding carboxylic acids is 2. The molecule has 1 saturated heterocycles. The molecule has 0 bridgehead atoms. The van der Waals surface area contributed by atoms with Crippen LogP contribution in [0, 0.1) is 5.92 Å². The second-order valence-corrected chi connectivity index (χ2v) is 6.04. The molecule has 1 atom stereocenters. The monoisotopic (exact) mass is 314 g/mol. The van der Waals surface area contributed by atoms with Crippen LogP contribution < -0.4 is 0 Å². The summed E-state index contributed by atoms with van der Waals surface area (Å²) in [6, 6.07) is 9.75. The van der Waals surface area contributed by atoms with Crippen molar-refractivity contribution in [1.82, 2.24) is 9.88 Å². The van der Waals surface area contributed by atoms with Gasteiger partial charge in [0.1, 0.15) is 5.69 Å². The van der Waals surface area contributed by atoms with E-state index in [4.69, 9.17) is 4.74 Å². The van der Waals surface area contributed by atoms with Crippen LogP contribution in [0.4, 0.5) is 0 Å². The van der Waals surface area contributed by atoms with E-state index in [1.54, 1.807) is 0 Å². The molecule has 1 aliphatic rings. The fraction of sp³-hybridized carbons (Fsp3) is 0.444. The fourth-order valence-electron chi connectivity index (χ4n) is 3.23. The Bertz CT molecular complexity index is 674. The molecule has 2 aromatic rings. The normalized spacial score (nSPS) is 18.1. The van der Waals surface area contributed by atoms with Gasteiger partial charge in [0.05, 0.1) is 13.0 Å². The first-order chi connectivity index (χ1) is 11.2. The van der Waals surface area contributed by atoms with Crippen molar-refractivity contribution >= 4 is 22.8 Å². The third kappa shape index (κ3) is 3.55. The summed E-state index contributed by atoms with van der Waals surface area (Å²) in [5, 5.41) is 1.04. The number of amides is 1. The number of fused-ring (bicyclic) bond motifs is 1. The summed E-state index contributed by atoms with van der Waals surface area (Å²) in [6.45, 7) is 3.58. The van der Waals surface area contributed by atoms with Gasteiger partial charge in [-0.3, -0.25) is 9.59 Å². The van der Waals surface area contributed by atoms with Crippen molar-refractivity contribution in [3.8, 4) is 0 Å². The lowest BCUT2D eigenvalue weighted by molar-refractivity contribution is -0.144. The molecule has 0 radical (unpaired) electrons. The lowest BCUT2D eigenvalue weighted by atomic mass is 9.94. The van der Waals surface area contributed by atoms with Crippen LogP contribution >= 0.6 is 0 Å². The topological polar surface area (TPSA) is 62.4 Å². The Labute approximate surface area is 135 Å². The highest BCUT2D eigenvalue weighted by molar-refractivity contribution is 5.98. The van der Waals surface area contributed by atoms with E-state index in [0.29, 0.717) is 25.3 Å². The number of piperidine rings is 1. The largest absolute Gasteiger partial charge is 0.466 e. The molecule has 5 heteroatoms. The molecule has 0 spiro atoms. The van der Waals surface area contributed by atoms with Crippen LogP contribution in [0.3, 0.4) is 0 Å². The van der Waals surface area contributed by atoms with Gasteiger partial charge in [-0.1, -0.05) is 18.2 Å². The molecule has 1 fully saturated rings. The fourth-order valence-corrected chi connectivity index (χ4v) is 3.23. The van der Waals surface area contributed by atoms with Crippen LogP contribution in [0.1, 0.15) is 36.7 Å². The zero-order valence-electron chi connectivity index (χ0n) is 13.4. The summed E-state index contributed by atoms with van der Waals surface area (Å²) >= 11 is 0. The minimum Gasteiger partial charge on any atom is -0.466 e. The number of benzene rings is 1. The molecule has 1 unspecified atom stereocenters. The summed E-state index contributed by atoms with van der Waals surface area (Å²) in [5.41, 5.74) is 1.58. The van der Waals surface area contributed by atoms with Gasteiger partial charge in [-0.05, 0) is 37.8 Å². The SMILES string of the molecule is CCOC(=O)CC1CCCN(C(=O)c2cc3ccccc3[nH]2)C1. The molecule has 1 amide bonds. The highest BCUT2D eigenvalue weighted by atomic mass is 16.5. The van der Waals surface area contributed by atoms with E-state index in [0.717, 1.165) is 30.3 Å². The van der Waals surface area contributed by atoms with Crippen molar-refractivity contribution in [2.24, 2.45) is 5.92 Å². The molecule has 1 aromatic heterocycles. The highest BCUT2D eigenvalue weighted by Gasteiger charge is 2.27. The summed E-state index contributed by atoms with van der Waals surface area (Å²) in [4.78, 5) is 29.4. The number of nitrogens with one attached hydrogen (secondary N) is 1. The first-order valence-corrected chi connectivity index (χ1v) is 8.20. The highest BCUT2D eigenvalue weighted by Crippen LogP contribution is 2.23. The van der Waals surface area contributed by atoms with Gasteiger partial charge >= 0.3 is 5.97 Å². The molecule has 2 heterocycles. The number of carbonyl (C=O) groups is 2. The van der Waals surface area contributed by atoms with E-state index < -0.39 is 0 Å². The maximum Gasteiger partial charge on any atom is 0.306 e. The maximum absolute atomic E-state index is 12.7. The van der Waals surface area contributed by atoms with Gasteiger partial charge in [-0.25, -0.2) is 0 Å². The Kier molecular flexibility index (Phi) is 4.65. The minimum atomic E-state index is -0.169. The van der Waals surface area contributed by atoms with E-state index in [-0.39, 0.29) is 17.8 Å². The maximum atomic E-state index is 12.7. The lowest BCUT2D eigenvalue weighted by Crippen LogP contribution is -2.40. The number of likely N-dealkylation sites (tertiary alicyclic amines) is 1. The van der Waals surface area contributed by atoms with Crippen molar-refractivity contribution in [3.05, 3.63) is 36.0 Å². The van der Waals surface area contributed by atoms with Gasteiger partial charge in [0.25, 0.3) is 5.91 Å². The molecule has 3 rings (SSSR count). The van der Waals surface area contributed by atoms with Crippen LogP contribution in [0.2, 0.25) is 0 Å². The third-order valence-electron chi connectivity index (χ3n) is 4.33. The van der Waals surface area contributed by atoms with Crippen molar-refractivity contribution < 1.29 is 14.3 Å². The summed E-state index contributed by atoms with van der Waals surface area (Å²) < 4.78 is 5.02. The van der Waals surface area contributed by atoms with Crippen LogP contribution in [0.15, 0.2) is 30.3 Å². The van der Waals surface area contributed by atoms with Gasteiger partial charge < -0.3 is 14.6 Å². The second-order valence-electron chi connectivity index (χ2n) is 6.04. The van der Waals surface area contributed by atoms with Crippen LogP contribution in [0.5, 0.6) is 0 Å². The predicted octanol–water partition coefficient (Wildman–Crippen LogP) is 2.97. The molecule has 0 saturated carbocycles. The third-order valence-corrected chi connectivity index (χ3v) is 4.33. The molecular weight excluding hydrogens is 292 g/mol. The average molecular weight is 314 g/mol. The van der Waals surface area contributed by atoms with Gasteiger partial charge in [0.2, 0.25) is 0 Å². The number of H-pyrrole nitrogens is 1. The van der Waals surface area contributed by atoms with Crippen LogP contribution in [-0.2, 0) is 9.53 Å². The van der Waals surface area contributed by atoms with Crippen molar-refractivity contribution in [2.75, 3.05) is 19.7 Å². The van der Waals surface area contributed by atoms with E-state index in [1.165, 1.54) is 0 Å². The quantitative estimate of drug-likeness (QED) is 0.883.